The van der Waals surface area contributed by atoms with Crippen LogP contribution in [0.1, 0.15) is 11.1 Å². The third-order valence-electron chi connectivity index (χ3n) is 3.25. The first-order chi connectivity index (χ1) is 11.9. The van der Waals surface area contributed by atoms with Crippen molar-refractivity contribution in [1.82, 2.24) is 0 Å². The van der Waals surface area contributed by atoms with E-state index in [1.54, 1.807) is 30.3 Å². The van der Waals surface area contributed by atoms with Crippen LogP contribution in [0, 0.1) is 0 Å². The van der Waals surface area contributed by atoms with E-state index in [4.69, 9.17) is 14.2 Å². The molecule has 0 unspecified atom stereocenters. The van der Waals surface area contributed by atoms with E-state index in [0.29, 0.717) is 17.2 Å². The maximum absolute atomic E-state index is 10.6. The summed E-state index contributed by atoms with van der Waals surface area (Å²) in [6, 6.07) is 9.63. The molecule has 0 atom stereocenters. The number of ether oxygens (including phenoxy) is 3. The van der Waals surface area contributed by atoms with E-state index >= 15 is 0 Å². The van der Waals surface area contributed by atoms with Gasteiger partial charge in [0.25, 0.3) is 0 Å². The summed E-state index contributed by atoms with van der Waals surface area (Å²) in [6.07, 6.45) is 3.63. The molecule has 0 bridgehead atoms. The van der Waals surface area contributed by atoms with Gasteiger partial charge in [0.15, 0.2) is 11.5 Å². The molecule has 2 aromatic carbocycles. The van der Waals surface area contributed by atoms with Gasteiger partial charge in [0.1, 0.15) is 13.6 Å². The standard InChI is InChI=1S/C17H19O7P.2Na/c1-21-15-10-13(11-16(22-2)17(15)23-3)5-4-12-6-8-14(9-7-12)24-25(18,19)20;;/h4-11H,1-3H3,(H2,18,19,20);;/q;2*+1/p-2/b5-4-;;. The van der Waals surface area contributed by atoms with Crippen molar-refractivity contribution in [3.8, 4) is 23.0 Å². The van der Waals surface area contributed by atoms with Crippen LogP contribution in [0.15, 0.2) is 36.4 Å². The fourth-order valence-corrected chi connectivity index (χ4v) is 2.54. The van der Waals surface area contributed by atoms with Crippen LogP contribution in [0.2, 0.25) is 0 Å². The van der Waals surface area contributed by atoms with Crippen LogP contribution in [0.4, 0.5) is 0 Å². The molecule has 7 nitrogen and oxygen atoms in total. The van der Waals surface area contributed by atoms with Crippen LogP contribution in [0.3, 0.4) is 0 Å². The average molecular weight is 410 g/mol. The number of hydrogen-bond acceptors (Lipinski definition) is 7. The van der Waals surface area contributed by atoms with Crippen molar-refractivity contribution in [2.75, 3.05) is 21.3 Å². The third kappa shape index (κ3) is 8.20. The second-order valence-electron chi connectivity index (χ2n) is 4.90. The van der Waals surface area contributed by atoms with Crippen LogP contribution < -0.4 is 87.6 Å². The topological polar surface area (TPSA) is 100 Å². The zero-order valence-corrected chi connectivity index (χ0v) is 20.8. The second kappa shape index (κ2) is 12.2. The van der Waals surface area contributed by atoms with Crippen molar-refractivity contribution in [3.63, 3.8) is 0 Å². The summed E-state index contributed by atoms with van der Waals surface area (Å²) in [4.78, 5) is 21.1. The van der Waals surface area contributed by atoms with Gasteiger partial charge in [-0.3, -0.25) is 0 Å². The molecular weight excluding hydrogens is 393 g/mol. The molecule has 0 spiro atoms. The summed E-state index contributed by atoms with van der Waals surface area (Å²) in [5, 5.41) is 0. The summed E-state index contributed by atoms with van der Waals surface area (Å²) in [7, 11) is -0.448. The molecule has 0 saturated heterocycles. The molecule has 2 aromatic rings. The zero-order valence-electron chi connectivity index (χ0n) is 15.9. The van der Waals surface area contributed by atoms with Crippen molar-refractivity contribution in [3.05, 3.63) is 47.5 Å². The number of phosphoric ester groups is 1. The molecule has 0 aliphatic heterocycles. The molecule has 0 radical (unpaired) electrons. The van der Waals surface area contributed by atoms with Gasteiger partial charge in [0, 0.05) is 0 Å². The molecular formula is C17H17Na2O7P. The first-order valence-corrected chi connectivity index (χ1v) is 8.62. The fraction of sp³-hybridized carbons (Fsp3) is 0.176. The van der Waals surface area contributed by atoms with Gasteiger partial charge in [0.2, 0.25) is 5.75 Å². The van der Waals surface area contributed by atoms with E-state index in [2.05, 4.69) is 4.52 Å². The number of rotatable bonds is 7. The van der Waals surface area contributed by atoms with E-state index < -0.39 is 7.82 Å². The predicted molar refractivity (Wildman–Crippen MR) is 89.7 cm³/mol. The second-order valence-corrected chi connectivity index (χ2v) is 5.98. The SMILES string of the molecule is COc1cc(/C=C\c2ccc(OP(=O)([O-])[O-])cc2)cc(OC)c1OC.[Na+].[Na+]. The quantitative estimate of drug-likeness (QED) is 0.261. The van der Waals surface area contributed by atoms with Crippen LogP contribution in [-0.4, -0.2) is 21.3 Å². The number of hydrogen-bond donors (Lipinski definition) is 0. The molecule has 134 valence electrons. The predicted octanol–water partition coefficient (Wildman–Crippen LogP) is -3.90. The van der Waals surface area contributed by atoms with Gasteiger partial charge < -0.3 is 33.1 Å². The van der Waals surface area contributed by atoms with Crippen LogP contribution in [0.5, 0.6) is 23.0 Å². The zero-order chi connectivity index (χ0) is 18.4. The number of methoxy groups -OCH3 is 3. The normalized spacial score (nSPS) is 10.6. The Morgan fingerprint density at radius 3 is 1.70 bits per heavy atom. The molecule has 27 heavy (non-hydrogen) atoms. The minimum Gasteiger partial charge on any atom is -0.780 e. The Hall–Kier alpha value is -0.470. The van der Waals surface area contributed by atoms with Gasteiger partial charge in [-0.15, -0.1) is 0 Å². The minimum atomic E-state index is -5.05. The summed E-state index contributed by atoms with van der Waals surface area (Å²) >= 11 is 0. The molecule has 0 amide bonds. The van der Waals surface area contributed by atoms with Crippen LogP contribution in [0.25, 0.3) is 12.2 Å². The Morgan fingerprint density at radius 1 is 0.815 bits per heavy atom. The van der Waals surface area contributed by atoms with E-state index in [9.17, 15) is 14.4 Å². The molecule has 0 saturated carbocycles. The van der Waals surface area contributed by atoms with E-state index in [0.717, 1.165) is 11.1 Å². The Morgan fingerprint density at radius 2 is 1.30 bits per heavy atom. The van der Waals surface area contributed by atoms with Crippen molar-refractivity contribution in [2.24, 2.45) is 0 Å². The van der Waals surface area contributed by atoms with E-state index in [-0.39, 0.29) is 64.9 Å². The smallest absolute Gasteiger partial charge is 0.780 e. The molecule has 0 aliphatic rings. The Labute approximate surface area is 202 Å². The van der Waals surface area contributed by atoms with Gasteiger partial charge in [-0.1, -0.05) is 24.3 Å². The van der Waals surface area contributed by atoms with E-state index in [1.807, 2.05) is 6.08 Å². The molecule has 2 rings (SSSR count). The molecule has 0 fully saturated rings. The van der Waals surface area contributed by atoms with Crippen LogP contribution in [-0.2, 0) is 4.57 Å². The maximum Gasteiger partial charge on any atom is 1.00 e. The van der Waals surface area contributed by atoms with Gasteiger partial charge >= 0.3 is 59.1 Å². The van der Waals surface area contributed by atoms with Gasteiger partial charge in [0.05, 0.1) is 21.3 Å². The van der Waals surface area contributed by atoms with Crippen molar-refractivity contribution >= 4 is 20.0 Å². The van der Waals surface area contributed by atoms with Crippen molar-refractivity contribution in [2.45, 2.75) is 0 Å². The summed E-state index contributed by atoms with van der Waals surface area (Å²) < 4.78 is 30.7. The Bertz CT molecular complexity index is 778. The monoisotopic (exact) mass is 410 g/mol. The van der Waals surface area contributed by atoms with Gasteiger partial charge in [-0.05, 0) is 35.4 Å². The first-order valence-electron chi connectivity index (χ1n) is 7.16. The minimum absolute atomic E-state index is 0. The largest absolute Gasteiger partial charge is 1.00 e. The average Bonchev–Trinajstić information content (AvgIpc) is 2.58. The molecule has 0 heterocycles. The van der Waals surface area contributed by atoms with Gasteiger partial charge in [-0.2, -0.15) is 0 Å². The Balaban J connectivity index is 0.00000338. The number of phosphoric acid groups is 1. The molecule has 10 heteroatoms. The van der Waals surface area contributed by atoms with Crippen LogP contribution >= 0.6 is 7.82 Å². The van der Waals surface area contributed by atoms with Crippen molar-refractivity contribution < 1.29 is 92.2 Å². The summed E-state index contributed by atoms with van der Waals surface area (Å²) in [5.74, 6) is 1.54. The molecule has 0 aromatic heterocycles. The van der Waals surface area contributed by atoms with Crippen molar-refractivity contribution in [1.29, 1.82) is 0 Å². The molecule has 0 N–H and O–H groups in total. The fourth-order valence-electron chi connectivity index (χ4n) is 2.16. The third-order valence-corrected chi connectivity index (χ3v) is 3.69. The summed E-state index contributed by atoms with van der Waals surface area (Å²) in [6.45, 7) is 0. The number of benzene rings is 2. The first kappa shape index (κ1) is 26.5. The van der Waals surface area contributed by atoms with Gasteiger partial charge in [-0.25, -0.2) is 0 Å². The Kier molecular flexibility index (Phi) is 12.0. The maximum atomic E-state index is 10.6. The summed E-state index contributed by atoms with van der Waals surface area (Å²) in [5.41, 5.74) is 1.60. The van der Waals surface area contributed by atoms with E-state index in [1.165, 1.54) is 33.5 Å². The molecule has 0 aliphatic carbocycles.